The lowest BCUT2D eigenvalue weighted by molar-refractivity contribution is 0.415. The zero-order valence-corrected chi connectivity index (χ0v) is 12.4. The molecule has 2 aromatic rings. The number of anilines is 2. The Morgan fingerprint density at radius 3 is 2.43 bits per heavy atom. The molecule has 1 saturated heterocycles. The topological polar surface area (TPSA) is 51.4 Å². The van der Waals surface area contributed by atoms with Crippen molar-refractivity contribution >= 4 is 11.5 Å². The van der Waals surface area contributed by atoms with Crippen LogP contribution < -0.4 is 15.4 Å². The van der Waals surface area contributed by atoms with E-state index in [1.54, 1.807) is 7.11 Å². The number of piperidine rings is 1. The summed E-state index contributed by atoms with van der Waals surface area (Å²) in [5, 5.41) is 0. The third-order valence-corrected chi connectivity index (χ3v) is 3.94. The molecule has 2 heterocycles. The van der Waals surface area contributed by atoms with Gasteiger partial charge in [-0.05, 0) is 49.6 Å². The lowest BCUT2D eigenvalue weighted by atomic mass is 10.1. The maximum absolute atomic E-state index is 6.00. The van der Waals surface area contributed by atoms with Crippen LogP contribution in [0.2, 0.25) is 0 Å². The van der Waals surface area contributed by atoms with Crippen molar-refractivity contribution in [1.82, 2.24) is 4.98 Å². The van der Waals surface area contributed by atoms with Gasteiger partial charge in [0.1, 0.15) is 11.6 Å². The summed E-state index contributed by atoms with van der Waals surface area (Å²) >= 11 is 0. The molecule has 1 aromatic heterocycles. The van der Waals surface area contributed by atoms with Crippen molar-refractivity contribution in [1.29, 1.82) is 0 Å². The Hall–Kier alpha value is -2.23. The van der Waals surface area contributed by atoms with E-state index in [9.17, 15) is 0 Å². The monoisotopic (exact) mass is 283 g/mol. The largest absolute Gasteiger partial charge is 0.497 e. The molecule has 0 unspecified atom stereocenters. The molecule has 21 heavy (non-hydrogen) atoms. The third-order valence-electron chi connectivity index (χ3n) is 3.94. The minimum absolute atomic E-state index is 0.573. The van der Waals surface area contributed by atoms with Crippen molar-refractivity contribution in [3.8, 4) is 17.0 Å². The summed E-state index contributed by atoms with van der Waals surface area (Å²) in [6, 6.07) is 12.0. The molecule has 0 saturated carbocycles. The van der Waals surface area contributed by atoms with Crippen LogP contribution in [0.4, 0.5) is 11.5 Å². The van der Waals surface area contributed by atoms with Gasteiger partial charge in [0.05, 0.1) is 12.8 Å². The molecule has 0 amide bonds. The van der Waals surface area contributed by atoms with E-state index in [4.69, 9.17) is 10.5 Å². The number of hydrogen-bond acceptors (Lipinski definition) is 4. The van der Waals surface area contributed by atoms with Crippen molar-refractivity contribution in [2.24, 2.45) is 0 Å². The Balaban J connectivity index is 1.92. The van der Waals surface area contributed by atoms with E-state index in [0.29, 0.717) is 5.82 Å². The second-order valence-corrected chi connectivity index (χ2v) is 5.41. The maximum atomic E-state index is 6.00. The fourth-order valence-electron chi connectivity index (χ4n) is 2.78. The molecule has 110 valence electrons. The molecule has 1 aliphatic heterocycles. The molecule has 0 bridgehead atoms. The highest BCUT2D eigenvalue weighted by molar-refractivity contribution is 5.68. The van der Waals surface area contributed by atoms with Gasteiger partial charge in [-0.15, -0.1) is 0 Å². The van der Waals surface area contributed by atoms with Crippen molar-refractivity contribution in [3.05, 3.63) is 36.4 Å². The zero-order chi connectivity index (χ0) is 14.7. The second kappa shape index (κ2) is 6.04. The van der Waals surface area contributed by atoms with Gasteiger partial charge in [0.15, 0.2) is 0 Å². The molecule has 1 aromatic carbocycles. The number of methoxy groups -OCH3 is 1. The van der Waals surface area contributed by atoms with Crippen LogP contribution in [0.15, 0.2) is 36.4 Å². The first kappa shape index (κ1) is 13.7. The molecule has 0 aliphatic carbocycles. The minimum atomic E-state index is 0.573. The highest BCUT2D eigenvalue weighted by Crippen LogP contribution is 2.28. The van der Waals surface area contributed by atoms with Crippen LogP contribution in [-0.2, 0) is 0 Å². The van der Waals surface area contributed by atoms with E-state index in [1.165, 1.54) is 24.9 Å². The molecule has 2 N–H and O–H groups in total. The predicted molar refractivity (Wildman–Crippen MR) is 86.7 cm³/mol. The summed E-state index contributed by atoms with van der Waals surface area (Å²) in [4.78, 5) is 6.86. The Bertz CT molecular complexity index is 604. The maximum Gasteiger partial charge on any atom is 0.126 e. The van der Waals surface area contributed by atoms with Gasteiger partial charge in [-0.3, -0.25) is 0 Å². The van der Waals surface area contributed by atoms with Gasteiger partial charge in [0, 0.05) is 30.4 Å². The number of nitrogens with zero attached hydrogens (tertiary/aromatic N) is 2. The first-order valence-electron chi connectivity index (χ1n) is 7.43. The van der Waals surface area contributed by atoms with Gasteiger partial charge in [-0.2, -0.15) is 0 Å². The van der Waals surface area contributed by atoms with Crippen LogP contribution in [0.5, 0.6) is 5.75 Å². The van der Waals surface area contributed by atoms with E-state index in [2.05, 4.69) is 16.0 Å². The summed E-state index contributed by atoms with van der Waals surface area (Å²) in [7, 11) is 1.67. The third kappa shape index (κ3) is 3.10. The smallest absolute Gasteiger partial charge is 0.126 e. The lowest BCUT2D eigenvalue weighted by Gasteiger charge is -2.29. The number of aromatic nitrogens is 1. The highest BCUT2D eigenvalue weighted by Gasteiger charge is 2.13. The summed E-state index contributed by atoms with van der Waals surface area (Å²) in [5.74, 6) is 1.42. The van der Waals surface area contributed by atoms with Crippen LogP contribution in [0.3, 0.4) is 0 Å². The van der Waals surface area contributed by atoms with Gasteiger partial charge in [0.2, 0.25) is 0 Å². The van der Waals surface area contributed by atoms with E-state index in [0.717, 1.165) is 30.1 Å². The average molecular weight is 283 g/mol. The normalized spacial score (nSPS) is 15.0. The molecule has 0 spiro atoms. The van der Waals surface area contributed by atoms with Crippen LogP contribution in [0.1, 0.15) is 19.3 Å². The number of nitrogen functional groups attached to an aromatic ring is 1. The van der Waals surface area contributed by atoms with Crippen molar-refractivity contribution in [3.63, 3.8) is 0 Å². The van der Waals surface area contributed by atoms with Crippen LogP contribution >= 0.6 is 0 Å². The minimum Gasteiger partial charge on any atom is -0.497 e. The van der Waals surface area contributed by atoms with Crippen molar-refractivity contribution in [2.45, 2.75) is 19.3 Å². The number of benzene rings is 1. The molecule has 0 radical (unpaired) electrons. The number of ether oxygens (including phenoxy) is 1. The van der Waals surface area contributed by atoms with E-state index in [-0.39, 0.29) is 0 Å². The molecule has 1 fully saturated rings. The molecule has 4 heteroatoms. The van der Waals surface area contributed by atoms with Gasteiger partial charge < -0.3 is 15.4 Å². The quantitative estimate of drug-likeness (QED) is 0.938. The predicted octanol–water partition coefficient (Wildman–Crippen LogP) is 3.33. The lowest BCUT2D eigenvalue weighted by Crippen LogP contribution is -2.29. The van der Waals surface area contributed by atoms with Crippen molar-refractivity contribution in [2.75, 3.05) is 30.8 Å². The van der Waals surface area contributed by atoms with E-state index < -0.39 is 0 Å². The average Bonchev–Trinajstić information content (AvgIpc) is 2.55. The number of pyridine rings is 1. The Kier molecular flexibility index (Phi) is 3.95. The van der Waals surface area contributed by atoms with Crippen LogP contribution in [0, 0.1) is 0 Å². The second-order valence-electron chi connectivity index (χ2n) is 5.41. The fraction of sp³-hybridized carbons (Fsp3) is 0.353. The van der Waals surface area contributed by atoms with Crippen LogP contribution in [-0.4, -0.2) is 25.2 Å². The summed E-state index contributed by atoms with van der Waals surface area (Å²) in [6.45, 7) is 2.21. The highest BCUT2D eigenvalue weighted by atomic mass is 16.5. The SMILES string of the molecule is COc1ccc(-c2cc(N3CCCCC3)cc(N)n2)cc1. The Labute approximate surface area is 125 Å². The van der Waals surface area contributed by atoms with Gasteiger partial charge in [-0.25, -0.2) is 4.98 Å². The molecule has 0 atom stereocenters. The van der Waals surface area contributed by atoms with Gasteiger partial charge >= 0.3 is 0 Å². The van der Waals surface area contributed by atoms with E-state index in [1.807, 2.05) is 30.3 Å². The Morgan fingerprint density at radius 2 is 1.76 bits per heavy atom. The van der Waals surface area contributed by atoms with Crippen molar-refractivity contribution < 1.29 is 4.74 Å². The van der Waals surface area contributed by atoms with E-state index >= 15 is 0 Å². The molecular weight excluding hydrogens is 262 g/mol. The standard InChI is InChI=1S/C17H21N3O/c1-21-15-7-5-13(6-8-15)16-11-14(12-17(18)19-16)20-9-3-2-4-10-20/h5-8,11-12H,2-4,9-10H2,1H3,(H2,18,19). The van der Waals surface area contributed by atoms with Gasteiger partial charge in [-0.1, -0.05) is 0 Å². The first-order chi connectivity index (χ1) is 10.3. The van der Waals surface area contributed by atoms with Crippen LogP contribution in [0.25, 0.3) is 11.3 Å². The Morgan fingerprint density at radius 1 is 1.05 bits per heavy atom. The fourth-order valence-corrected chi connectivity index (χ4v) is 2.78. The molecular formula is C17H21N3O. The first-order valence-corrected chi connectivity index (χ1v) is 7.43. The number of hydrogen-bond donors (Lipinski definition) is 1. The van der Waals surface area contributed by atoms with Gasteiger partial charge in [0.25, 0.3) is 0 Å². The molecule has 4 nitrogen and oxygen atoms in total. The number of nitrogens with two attached hydrogens (primary N) is 1. The number of rotatable bonds is 3. The summed E-state index contributed by atoms with van der Waals surface area (Å²) in [5.41, 5.74) is 9.14. The molecule has 1 aliphatic rings. The summed E-state index contributed by atoms with van der Waals surface area (Å²) < 4.78 is 5.19. The zero-order valence-electron chi connectivity index (χ0n) is 12.4. The summed E-state index contributed by atoms with van der Waals surface area (Å²) in [6.07, 6.45) is 3.82. The molecule has 3 rings (SSSR count).